The first kappa shape index (κ1) is 8.70. The molecule has 0 spiro atoms. The van der Waals surface area contributed by atoms with Crippen LogP contribution in [0.4, 0.5) is 0 Å². The van der Waals surface area contributed by atoms with Gasteiger partial charge in [0.25, 0.3) is 0 Å². The largest absolute Gasteiger partial charge is 0.463 e. The van der Waals surface area contributed by atoms with Crippen LogP contribution in [0.5, 0.6) is 0 Å². The number of hydrogen-bond acceptors (Lipinski definition) is 2. The number of carbonyl (C=O) groups is 1. The molecule has 0 aliphatic rings. The first-order chi connectivity index (χ1) is 4.81. The summed E-state index contributed by atoms with van der Waals surface area (Å²) < 4.78 is 4.62. The summed E-state index contributed by atoms with van der Waals surface area (Å²) in [6, 6.07) is 0. The number of hydrogen-bond donors (Lipinski definition) is 0. The zero-order chi connectivity index (χ0) is 7.82. The van der Waals surface area contributed by atoms with Crippen LogP contribution in [-0.2, 0) is 9.53 Å². The molecule has 0 heterocycles. The summed E-state index contributed by atoms with van der Waals surface area (Å²) in [5, 5.41) is 0. The SMILES string of the molecule is [C-]#[N+]C=CC(=O)OCCC. The fourth-order valence-corrected chi connectivity index (χ4v) is 0.349. The highest BCUT2D eigenvalue weighted by Gasteiger charge is 1.91. The number of rotatable bonds is 3. The Morgan fingerprint density at radius 3 is 3.00 bits per heavy atom. The lowest BCUT2D eigenvalue weighted by atomic mass is 10.5. The molecule has 10 heavy (non-hydrogen) atoms. The van der Waals surface area contributed by atoms with Gasteiger partial charge in [0, 0.05) is 6.08 Å². The van der Waals surface area contributed by atoms with Gasteiger partial charge in [-0.15, -0.1) is 0 Å². The lowest BCUT2D eigenvalue weighted by molar-refractivity contribution is -0.137. The van der Waals surface area contributed by atoms with E-state index in [4.69, 9.17) is 6.57 Å². The van der Waals surface area contributed by atoms with Crippen LogP contribution < -0.4 is 0 Å². The average Bonchev–Trinajstić information content (AvgIpc) is 1.97. The summed E-state index contributed by atoms with van der Waals surface area (Å²) in [6.07, 6.45) is 3.00. The highest BCUT2D eigenvalue weighted by atomic mass is 16.5. The maximum absolute atomic E-state index is 10.5. The van der Waals surface area contributed by atoms with Crippen LogP contribution in [0.2, 0.25) is 0 Å². The van der Waals surface area contributed by atoms with E-state index in [1.54, 1.807) is 0 Å². The van der Waals surface area contributed by atoms with E-state index in [1.807, 2.05) is 6.92 Å². The molecule has 3 heteroatoms. The lowest BCUT2D eigenvalue weighted by Gasteiger charge is -1.95. The zero-order valence-electron chi connectivity index (χ0n) is 5.83. The van der Waals surface area contributed by atoms with Gasteiger partial charge in [-0.05, 0) is 6.42 Å². The number of carbonyl (C=O) groups excluding carboxylic acids is 1. The van der Waals surface area contributed by atoms with Gasteiger partial charge in [0.2, 0.25) is 0 Å². The van der Waals surface area contributed by atoms with E-state index in [0.29, 0.717) is 6.61 Å². The topological polar surface area (TPSA) is 30.7 Å². The zero-order valence-corrected chi connectivity index (χ0v) is 5.83. The van der Waals surface area contributed by atoms with Crippen molar-refractivity contribution in [3.05, 3.63) is 23.7 Å². The highest BCUT2D eigenvalue weighted by Crippen LogP contribution is 1.84. The van der Waals surface area contributed by atoms with Crippen molar-refractivity contribution in [1.82, 2.24) is 0 Å². The van der Waals surface area contributed by atoms with Crippen molar-refractivity contribution < 1.29 is 9.53 Å². The van der Waals surface area contributed by atoms with Crippen molar-refractivity contribution in [1.29, 1.82) is 0 Å². The molecule has 0 aromatic heterocycles. The lowest BCUT2D eigenvalue weighted by Crippen LogP contribution is -2.00. The Balaban J connectivity index is 3.46. The standard InChI is InChI=1S/C7H9NO2/c1-3-6-10-7(9)4-5-8-2/h4-5H,3,6H2,1H3. The van der Waals surface area contributed by atoms with Gasteiger partial charge in [0.05, 0.1) is 13.2 Å². The summed E-state index contributed by atoms with van der Waals surface area (Å²) >= 11 is 0. The number of nitrogens with zero attached hydrogens (tertiary/aromatic N) is 1. The van der Waals surface area contributed by atoms with Crippen LogP contribution in [0.15, 0.2) is 12.3 Å². The van der Waals surface area contributed by atoms with Crippen LogP contribution in [0.3, 0.4) is 0 Å². The van der Waals surface area contributed by atoms with E-state index in [-0.39, 0.29) is 0 Å². The molecule has 0 rings (SSSR count). The molecule has 0 unspecified atom stereocenters. The van der Waals surface area contributed by atoms with E-state index < -0.39 is 5.97 Å². The van der Waals surface area contributed by atoms with Gasteiger partial charge in [0.15, 0.2) is 6.20 Å². The Labute approximate surface area is 60.1 Å². The molecule has 0 fully saturated rings. The van der Waals surface area contributed by atoms with Crippen LogP contribution in [0.1, 0.15) is 13.3 Å². The molecular weight excluding hydrogens is 130 g/mol. The molecule has 3 nitrogen and oxygen atoms in total. The predicted octanol–water partition coefficient (Wildman–Crippen LogP) is 1.37. The first-order valence-electron chi connectivity index (χ1n) is 3.01. The van der Waals surface area contributed by atoms with Crippen LogP contribution in [0.25, 0.3) is 4.85 Å². The van der Waals surface area contributed by atoms with Crippen LogP contribution in [-0.4, -0.2) is 12.6 Å². The molecule has 0 amide bonds. The van der Waals surface area contributed by atoms with Gasteiger partial charge in [-0.25, -0.2) is 9.64 Å². The van der Waals surface area contributed by atoms with Gasteiger partial charge in [0.1, 0.15) is 0 Å². The first-order valence-corrected chi connectivity index (χ1v) is 3.01. The van der Waals surface area contributed by atoms with Crippen LogP contribution >= 0.6 is 0 Å². The van der Waals surface area contributed by atoms with E-state index in [9.17, 15) is 4.79 Å². The van der Waals surface area contributed by atoms with Gasteiger partial charge >= 0.3 is 5.97 Å². The second-order valence-corrected chi connectivity index (χ2v) is 1.61. The minimum Gasteiger partial charge on any atom is -0.463 e. The van der Waals surface area contributed by atoms with Gasteiger partial charge < -0.3 is 4.74 Å². The Morgan fingerprint density at radius 2 is 2.50 bits per heavy atom. The Bertz CT molecular complexity index is 167. The minimum absolute atomic E-state index is 0.418. The second-order valence-electron chi connectivity index (χ2n) is 1.61. The van der Waals surface area contributed by atoms with E-state index in [1.165, 1.54) is 0 Å². The fraction of sp³-hybridized carbons (Fsp3) is 0.429. The summed E-state index contributed by atoms with van der Waals surface area (Å²) in [7, 11) is 0. The Morgan fingerprint density at radius 1 is 1.80 bits per heavy atom. The third-order valence-corrected chi connectivity index (χ3v) is 0.734. The molecule has 0 aromatic rings. The molecule has 54 valence electrons. The molecule has 0 radical (unpaired) electrons. The average molecular weight is 139 g/mol. The second kappa shape index (κ2) is 5.83. The molecule has 0 saturated heterocycles. The predicted molar refractivity (Wildman–Crippen MR) is 37.0 cm³/mol. The monoisotopic (exact) mass is 139 g/mol. The van der Waals surface area contributed by atoms with Gasteiger partial charge in [-0.3, -0.25) is 0 Å². The molecule has 0 saturated carbocycles. The van der Waals surface area contributed by atoms with E-state index in [0.717, 1.165) is 18.7 Å². The molecular formula is C7H9NO2. The van der Waals surface area contributed by atoms with Crippen molar-refractivity contribution >= 4 is 5.97 Å². The van der Waals surface area contributed by atoms with Crippen molar-refractivity contribution in [3.63, 3.8) is 0 Å². The maximum Gasteiger partial charge on any atom is 0.319 e. The molecule has 0 aliphatic heterocycles. The fourth-order valence-electron chi connectivity index (χ4n) is 0.349. The van der Waals surface area contributed by atoms with Gasteiger partial charge in [-0.1, -0.05) is 6.92 Å². The summed E-state index contributed by atoms with van der Waals surface area (Å²) in [6.45, 7) is 8.63. The molecule has 0 bridgehead atoms. The molecule has 0 aromatic carbocycles. The minimum atomic E-state index is -0.446. The number of ether oxygens (including phenoxy) is 1. The van der Waals surface area contributed by atoms with E-state index >= 15 is 0 Å². The van der Waals surface area contributed by atoms with Gasteiger partial charge in [-0.2, -0.15) is 0 Å². The smallest absolute Gasteiger partial charge is 0.319 e. The van der Waals surface area contributed by atoms with Crippen molar-refractivity contribution in [3.8, 4) is 0 Å². The normalized spacial score (nSPS) is 9.20. The van der Waals surface area contributed by atoms with Crippen LogP contribution in [0, 0.1) is 6.57 Å². The van der Waals surface area contributed by atoms with E-state index in [2.05, 4.69) is 9.58 Å². The Hall–Kier alpha value is -1.30. The third-order valence-electron chi connectivity index (χ3n) is 0.734. The summed E-state index contributed by atoms with van der Waals surface area (Å²) in [4.78, 5) is 13.4. The highest BCUT2D eigenvalue weighted by molar-refractivity contribution is 5.82. The molecule has 0 aliphatic carbocycles. The summed E-state index contributed by atoms with van der Waals surface area (Å²) in [5.41, 5.74) is 0. The maximum atomic E-state index is 10.5. The summed E-state index contributed by atoms with van der Waals surface area (Å²) in [5.74, 6) is -0.446. The van der Waals surface area contributed by atoms with Crippen molar-refractivity contribution in [2.75, 3.05) is 6.61 Å². The number of esters is 1. The Kier molecular flexibility index (Phi) is 5.07. The third kappa shape index (κ3) is 4.85. The van der Waals surface area contributed by atoms with Crippen molar-refractivity contribution in [2.24, 2.45) is 0 Å². The molecule has 0 N–H and O–H groups in total. The quantitative estimate of drug-likeness (QED) is 0.336. The molecule has 0 atom stereocenters. The van der Waals surface area contributed by atoms with Crippen molar-refractivity contribution in [2.45, 2.75) is 13.3 Å².